The van der Waals surface area contributed by atoms with Crippen LogP contribution in [0.4, 0.5) is 11.4 Å². The van der Waals surface area contributed by atoms with Crippen molar-refractivity contribution >= 4 is 28.9 Å². The van der Waals surface area contributed by atoms with Gasteiger partial charge in [-0.25, -0.2) is 0 Å². The van der Waals surface area contributed by atoms with Crippen LogP contribution in [-0.2, 0) is 17.9 Å². The Morgan fingerprint density at radius 3 is 2.80 bits per heavy atom. The SMILES string of the molecule is CCn1cccc1CNc1ccc(NC(C)=O)c(Cl)c1. The first-order valence-electron chi connectivity index (χ1n) is 6.55. The highest BCUT2D eigenvalue weighted by Crippen LogP contribution is 2.25. The van der Waals surface area contributed by atoms with Crippen LogP contribution < -0.4 is 10.6 Å². The van der Waals surface area contributed by atoms with Crippen LogP contribution >= 0.6 is 11.6 Å². The lowest BCUT2D eigenvalue weighted by atomic mass is 10.2. The average molecular weight is 292 g/mol. The summed E-state index contributed by atoms with van der Waals surface area (Å²) < 4.78 is 2.18. The van der Waals surface area contributed by atoms with E-state index in [2.05, 4.69) is 34.4 Å². The zero-order valence-corrected chi connectivity index (χ0v) is 12.4. The first kappa shape index (κ1) is 14.5. The molecule has 0 fully saturated rings. The molecular weight excluding hydrogens is 274 g/mol. The zero-order valence-electron chi connectivity index (χ0n) is 11.6. The maximum absolute atomic E-state index is 11.0. The van der Waals surface area contributed by atoms with E-state index in [0.717, 1.165) is 18.8 Å². The second kappa shape index (κ2) is 6.48. The van der Waals surface area contributed by atoms with Crippen molar-refractivity contribution in [3.63, 3.8) is 0 Å². The molecule has 0 unspecified atom stereocenters. The Hall–Kier alpha value is -1.94. The first-order chi connectivity index (χ1) is 9.60. The Labute approximate surface area is 123 Å². The summed E-state index contributed by atoms with van der Waals surface area (Å²) in [4.78, 5) is 11.0. The molecule has 0 aliphatic heterocycles. The standard InChI is InChI=1S/C15H18ClN3O/c1-3-19-8-4-5-13(19)10-17-12-6-7-15(14(16)9-12)18-11(2)20/h4-9,17H,3,10H2,1-2H3,(H,18,20). The number of aromatic nitrogens is 1. The first-order valence-corrected chi connectivity index (χ1v) is 6.93. The van der Waals surface area contributed by atoms with Crippen molar-refractivity contribution in [2.45, 2.75) is 26.9 Å². The predicted molar refractivity (Wildman–Crippen MR) is 83.2 cm³/mol. The number of amides is 1. The van der Waals surface area contributed by atoms with E-state index in [1.54, 1.807) is 6.07 Å². The maximum Gasteiger partial charge on any atom is 0.221 e. The number of rotatable bonds is 5. The van der Waals surface area contributed by atoms with Crippen LogP contribution in [0.25, 0.3) is 0 Å². The third-order valence-electron chi connectivity index (χ3n) is 3.02. The van der Waals surface area contributed by atoms with E-state index in [-0.39, 0.29) is 5.91 Å². The Morgan fingerprint density at radius 2 is 2.15 bits per heavy atom. The normalized spacial score (nSPS) is 10.3. The van der Waals surface area contributed by atoms with E-state index < -0.39 is 0 Å². The van der Waals surface area contributed by atoms with Gasteiger partial charge in [-0.15, -0.1) is 0 Å². The molecule has 2 rings (SSSR count). The van der Waals surface area contributed by atoms with Crippen LogP contribution in [0.3, 0.4) is 0 Å². The molecule has 0 saturated carbocycles. The van der Waals surface area contributed by atoms with Crippen molar-refractivity contribution in [1.29, 1.82) is 0 Å². The quantitative estimate of drug-likeness (QED) is 0.882. The largest absolute Gasteiger partial charge is 0.379 e. The molecule has 4 nitrogen and oxygen atoms in total. The Morgan fingerprint density at radius 1 is 1.35 bits per heavy atom. The van der Waals surface area contributed by atoms with E-state index in [0.29, 0.717) is 10.7 Å². The van der Waals surface area contributed by atoms with Gasteiger partial charge >= 0.3 is 0 Å². The van der Waals surface area contributed by atoms with E-state index in [1.807, 2.05) is 18.2 Å². The second-order valence-corrected chi connectivity index (χ2v) is 4.92. The van der Waals surface area contributed by atoms with E-state index >= 15 is 0 Å². The highest BCUT2D eigenvalue weighted by atomic mass is 35.5. The molecule has 0 saturated heterocycles. The summed E-state index contributed by atoms with van der Waals surface area (Å²) in [5.41, 5.74) is 2.77. The molecule has 0 spiro atoms. The minimum absolute atomic E-state index is 0.131. The lowest BCUT2D eigenvalue weighted by Gasteiger charge is -2.11. The van der Waals surface area contributed by atoms with Crippen LogP contribution in [0.2, 0.25) is 5.02 Å². The predicted octanol–water partition coefficient (Wildman–Crippen LogP) is 3.73. The van der Waals surface area contributed by atoms with Gasteiger partial charge in [0.2, 0.25) is 5.91 Å². The summed E-state index contributed by atoms with van der Waals surface area (Å²) in [5, 5.41) is 6.53. The highest BCUT2D eigenvalue weighted by molar-refractivity contribution is 6.34. The Balaban J connectivity index is 2.03. The molecule has 2 N–H and O–H groups in total. The minimum Gasteiger partial charge on any atom is -0.379 e. The molecule has 1 aromatic carbocycles. The van der Waals surface area contributed by atoms with Crippen molar-refractivity contribution in [3.05, 3.63) is 47.2 Å². The lowest BCUT2D eigenvalue weighted by molar-refractivity contribution is -0.114. The molecule has 1 heterocycles. The maximum atomic E-state index is 11.0. The monoisotopic (exact) mass is 291 g/mol. The topological polar surface area (TPSA) is 46.1 Å². The Bertz CT molecular complexity index is 607. The van der Waals surface area contributed by atoms with E-state index in [1.165, 1.54) is 12.6 Å². The molecule has 0 atom stereocenters. The molecular formula is C15H18ClN3O. The fourth-order valence-corrected chi connectivity index (χ4v) is 2.25. The molecule has 0 aliphatic carbocycles. The summed E-state index contributed by atoms with van der Waals surface area (Å²) >= 11 is 6.13. The molecule has 1 aromatic heterocycles. The van der Waals surface area contributed by atoms with Crippen molar-refractivity contribution in [3.8, 4) is 0 Å². The van der Waals surface area contributed by atoms with Gasteiger partial charge in [0.15, 0.2) is 0 Å². The van der Waals surface area contributed by atoms with Gasteiger partial charge in [-0.2, -0.15) is 0 Å². The third kappa shape index (κ3) is 3.54. The summed E-state index contributed by atoms with van der Waals surface area (Å²) in [7, 11) is 0. The van der Waals surface area contributed by atoms with Gasteiger partial charge in [-0.1, -0.05) is 11.6 Å². The number of hydrogen-bond acceptors (Lipinski definition) is 2. The van der Waals surface area contributed by atoms with Gasteiger partial charge in [-0.05, 0) is 37.3 Å². The number of anilines is 2. The second-order valence-electron chi connectivity index (χ2n) is 4.51. The molecule has 1 amide bonds. The smallest absolute Gasteiger partial charge is 0.221 e. The van der Waals surface area contributed by atoms with Crippen molar-refractivity contribution in [2.24, 2.45) is 0 Å². The number of benzene rings is 1. The fourth-order valence-electron chi connectivity index (χ4n) is 2.03. The van der Waals surface area contributed by atoms with Crippen molar-refractivity contribution in [2.75, 3.05) is 10.6 Å². The minimum atomic E-state index is -0.131. The van der Waals surface area contributed by atoms with Crippen molar-refractivity contribution < 1.29 is 4.79 Å². The lowest BCUT2D eigenvalue weighted by Crippen LogP contribution is -2.08. The summed E-state index contributed by atoms with van der Waals surface area (Å²) in [6.07, 6.45) is 2.06. The summed E-state index contributed by atoms with van der Waals surface area (Å²) in [6.45, 7) is 5.26. The molecule has 0 aliphatic rings. The van der Waals surface area contributed by atoms with Gasteiger partial charge in [0.1, 0.15) is 0 Å². The number of carbonyl (C=O) groups is 1. The van der Waals surface area contributed by atoms with Crippen LogP contribution in [-0.4, -0.2) is 10.5 Å². The molecule has 20 heavy (non-hydrogen) atoms. The van der Waals surface area contributed by atoms with Gasteiger partial charge in [-0.3, -0.25) is 4.79 Å². The number of carbonyl (C=O) groups excluding carboxylic acids is 1. The third-order valence-corrected chi connectivity index (χ3v) is 3.33. The van der Waals surface area contributed by atoms with Gasteiger partial charge in [0, 0.05) is 31.0 Å². The van der Waals surface area contributed by atoms with Crippen LogP contribution in [0.15, 0.2) is 36.5 Å². The zero-order chi connectivity index (χ0) is 14.5. The number of aryl methyl sites for hydroxylation is 1. The van der Waals surface area contributed by atoms with Gasteiger partial charge in [0.25, 0.3) is 0 Å². The average Bonchev–Trinajstić information content (AvgIpc) is 2.86. The number of halogens is 1. The van der Waals surface area contributed by atoms with E-state index in [4.69, 9.17) is 11.6 Å². The van der Waals surface area contributed by atoms with Crippen LogP contribution in [0, 0.1) is 0 Å². The highest BCUT2D eigenvalue weighted by Gasteiger charge is 2.04. The summed E-state index contributed by atoms with van der Waals surface area (Å²) in [5.74, 6) is -0.131. The van der Waals surface area contributed by atoms with Crippen LogP contribution in [0.5, 0.6) is 0 Å². The molecule has 0 radical (unpaired) electrons. The Kier molecular flexibility index (Phi) is 4.69. The molecule has 5 heteroatoms. The summed E-state index contributed by atoms with van der Waals surface area (Å²) in [6, 6.07) is 9.63. The fraction of sp³-hybridized carbons (Fsp3) is 0.267. The number of nitrogens with zero attached hydrogens (tertiary/aromatic N) is 1. The molecule has 0 bridgehead atoms. The van der Waals surface area contributed by atoms with Gasteiger partial charge in [0.05, 0.1) is 17.3 Å². The van der Waals surface area contributed by atoms with Crippen LogP contribution in [0.1, 0.15) is 19.5 Å². The number of nitrogens with one attached hydrogen (secondary N) is 2. The molecule has 106 valence electrons. The van der Waals surface area contributed by atoms with Crippen molar-refractivity contribution in [1.82, 2.24) is 4.57 Å². The number of hydrogen-bond donors (Lipinski definition) is 2. The molecule has 2 aromatic rings. The van der Waals surface area contributed by atoms with Gasteiger partial charge < -0.3 is 15.2 Å². The van der Waals surface area contributed by atoms with E-state index in [9.17, 15) is 4.79 Å².